The van der Waals surface area contributed by atoms with Gasteiger partial charge in [-0.15, -0.1) is 0 Å². The number of amides is 1. The second-order valence-corrected chi connectivity index (χ2v) is 8.67. The van der Waals surface area contributed by atoms with E-state index < -0.39 is 10.0 Å². The molecule has 1 amide bonds. The van der Waals surface area contributed by atoms with E-state index in [1.54, 1.807) is 36.4 Å². The van der Waals surface area contributed by atoms with Gasteiger partial charge in [0, 0.05) is 11.6 Å². The third kappa shape index (κ3) is 5.04. The van der Waals surface area contributed by atoms with Crippen LogP contribution in [0.25, 0.3) is 0 Å². The molecule has 6 nitrogen and oxygen atoms in total. The van der Waals surface area contributed by atoms with E-state index in [0.717, 1.165) is 25.7 Å². The highest BCUT2D eigenvalue weighted by Crippen LogP contribution is 2.26. The highest BCUT2D eigenvalue weighted by molar-refractivity contribution is 7.92. The van der Waals surface area contributed by atoms with Gasteiger partial charge in [0.05, 0.1) is 17.7 Å². The van der Waals surface area contributed by atoms with Crippen molar-refractivity contribution in [3.63, 3.8) is 0 Å². The van der Waals surface area contributed by atoms with Crippen LogP contribution in [0.2, 0.25) is 0 Å². The van der Waals surface area contributed by atoms with Crippen LogP contribution in [-0.2, 0) is 10.0 Å². The van der Waals surface area contributed by atoms with Crippen LogP contribution in [0.4, 0.5) is 5.69 Å². The van der Waals surface area contributed by atoms with E-state index in [0.29, 0.717) is 17.0 Å². The third-order valence-electron chi connectivity index (χ3n) is 4.97. The Hall–Kier alpha value is -2.54. The highest BCUT2D eigenvalue weighted by atomic mass is 32.2. The van der Waals surface area contributed by atoms with Crippen molar-refractivity contribution < 1.29 is 17.9 Å². The Morgan fingerprint density at radius 1 is 0.964 bits per heavy atom. The molecule has 0 spiro atoms. The smallest absolute Gasteiger partial charge is 0.262 e. The quantitative estimate of drug-likeness (QED) is 0.717. The molecule has 150 valence electrons. The molecule has 1 fully saturated rings. The molecule has 0 saturated heterocycles. The highest BCUT2D eigenvalue weighted by Gasteiger charge is 2.19. The topological polar surface area (TPSA) is 84.5 Å². The molecule has 0 unspecified atom stereocenters. The van der Waals surface area contributed by atoms with E-state index in [1.165, 1.54) is 32.1 Å². The number of carbonyl (C=O) groups is 1. The number of rotatable bonds is 6. The summed E-state index contributed by atoms with van der Waals surface area (Å²) < 4.78 is 33.0. The maximum absolute atomic E-state index is 12.6. The minimum atomic E-state index is -3.78. The standard InChI is InChI=1S/C21H26N2O4S/c1-27-20-11-7-6-10-19(20)23-28(25,26)18-14-12-16(13-15-18)21(24)22-17-8-4-2-3-5-9-17/h6-7,10-15,17,23H,2-5,8-9H2,1H3,(H,22,24). The number of nitrogens with one attached hydrogen (secondary N) is 2. The van der Waals surface area contributed by atoms with Crippen molar-refractivity contribution in [3.05, 3.63) is 54.1 Å². The predicted molar refractivity (Wildman–Crippen MR) is 109 cm³/mol. The van der Waals surface area contributed by atoms with Gasteiger partial charge in [-0.3, -0.25) is 9.52 Å². The fraction of sp³-hybridized carbons (Fsp3) is 0.381. The Bertz CT molecular complexity index is 902. The summed E-state index contributed by atoms with van der Waals surface area (Å²) in [5.74, 6) is 0.277. The average Bonchev–Trinajstić information content (AvgIpc) is 2.97. The Kier molecular flexibility index (Phi) is 6.57. The average molecular weight is 403 g/mol. The van der Waals surface area contributed by atoms with E-state index in [2.05, 4.69) is 10.0 Å². The zero-order valence-corrected chi connectivity index (χ0v) is 16.8. The Balaban J connectivity index is 1.69. The van der Waals surface area contributed by atoms with Crippen LogP contribution in [0.5, 0.6) is 5.75 Å². The molecular formula is C21H26N2O4S. The third-order valence-corrected chi connectivity index (χ3v) is 6.35. The number of carbonyl (C=O) groups excluding carboxylic acids is 1. The van der Waals surface area contributed by atoms with Gasteiger partial charge >= 0.3 is 0 Å². The lowest BCUT2D eigenvalue weighted by atomic mass is 10.1. The number of hydrogen-bond acceptors (Lipinski definition) is 4. The number of sulfonamides is 1. The number of anilines is 1. The van der Waals surface area contributed by atoms with Crippen molar-refractivity contribution in [1.82, 2.24) is 5.32 Å². The Morgan fingerprint density at radius 3 is 2.25 bits per heavy atom. The number of methoxy groups -OCH3 is 1. The van der Waals surface area contributed by atoms with Crippen LogP contribution in [0.1, 0.15) is 48.9 Å². The van der Waals surface area contributed by atoms with E-state index in [-0.39, 0.29) is 16.8 Å². The number of hydrogen-bond donors (Lipinski definition) is 2. The van der Waals surface area contributed by atoms with Gasteiger partial charge < -0.3 is 10.1 Å². The molecule has 0 atom stereocenters. The number of ether oxygens (including phenoxy) is 1. The Labute approximate surface area is 166 Å². The molecule has 0 radical (unpaired) electrons. The minimum Gasteiger partial charge on any atom is -0.495 e. The van der Waals surface area contributed by atoms with Crippen molar-refractivity contribution in [2.24, 2.45) is 0 Å². The van der Waals surface area contributed by atoms with Crippen molar-refractivity contribution in [2.45, 2.75) is 49.5 Å². The summed E-state index contributed by atoms with van der Waals surface area (Å²) >= 11 is 0. The molecular weight excluding hydrogens is 376 g/mol. The Morgan fingerprint density at radius 2 is 1.61 bits per heavy atom. The van der Waals surface area contributed by atoms with Crippen LogP contribution >= 0.6 is 0 Å². The van der Waals surface area contributed by atoms with Crippen molar-refractivity contribution in [3.8, 4) is 5.75 Å². The molecule has 0 bridgehead atoms. The molecule has 0 aromatic heterocycles. The maximum Gasteiger partial charge on any atom is 0.262 e. The van der Waals surface area contributed by atoms with Crippen LogP contribution in [0.15, 0.2) is 53.4 Å². The molecule has 2 aromatic carbocycles. The van der Waals surface area contributed by atoms with Gasteiger partial charge in [-0.25, -0.2) is 8.42 Å². The molecule has 2 N–H and O–H groups in total. The first-order valence-electron chi connectivity index (χ1n) is 9.56. The molecule has 3 rings (SSSR count). The molecule has 7 heteroatoms. The molecule has 1 aliphatic rings. The molecule has 0 heterocycles. The van der Waals surface area contributed by atoms with E-state index in [4.69, 9.17) is 4.74 Å². The van der Waals surface area contributed by atoms with Gasteiger partial charge in [-0.05, 0) is 49.2 Å². The maximum atomic E-state index is 12.6. The molecule has 2 aromatic rings. The van der Waals surface area contributed by atoms with Gasteiger partial charge in [0.25, 0.3) is 15.9 Å². The van der Waals surface area contributed by atoms with Gasteiger partial charge in [0.15, 0.2) is 0 Å². The molecule has 28 heavy (non-hydrogen) atoms. The predicted octanol–water partition coefficient (Wildman–Crippen LogP) is 3.95. The zero-order chi connectivity index (χ0) is 20.0. The van der Waals surface area contributed by atoms with Gasteiger partial charge in [-0.2, -0.15) is 0 Å². The summed E-state index contributed by atoms with van der Waals surface area (Å²) in [6.45, 7) is 0. The molecule has 0 aliphatic heterocycles. The van der Waals surface area contributed by atoms with Crippen molar-refractivity contribution in [2.75, 3.05) is 11.8 Å². The van der Waals surface area contributed by atoms with Crippen LogP contribution < -0.4 is 14.8 Å². The number of benzene rings is 2. The SMILES string of the molecule is COc1ccccc1NS(=O)(=O)c1ccc(C(=O)NC2CCCCCC2)cc1. The summed E-state index contributed by atoms with van der Waals surface area (Å²) in [6.07, 6.45) is 6.71. The summed E-state index contributed by atoms with van der Waals surface area (Å²) in [5, 5.41) is 3.07. The van der Waals surface area contributed by atoms with Crippen LogP contribution in [0.3, 0.4) is 0 Å². The zero-order valence-electron chi connectivity index (χ0n) is 16.0. The van der Waals surface area contributed by atoms with Crippen LogP contribution in [0, 0.1) is 0 Å². The fourth-order valence-corrected chi connectivity index (χ4v) is 4.48. The lowest BCUT2D eigenvalue weighted by molar-refractivity contribution is 0.0933. The monoisotopic (exact) mass is 402 g/mol. The molecule has 1 saturated carbocycles. The second kappa shape index (κ2) is 9.10. The largest absolute Gasteiger partial charge is 0.495 e. The summed E-state index contributed by atoms with van der Waals surface area (Å²) in [7, 11) is -2.30. The van der Waals surface area contributed by atoms with E-state index >= 15 is 0 Å². The first kappa shape index (κ1) is 20.2. The van der Waals surface area contributed by atoms with E-state index in [1.807, 2.05) is 0 Å². The fourth-order valence-electron chi connectivity index (χ4n) is 3.41. The second-order valence-electron chi connectivity index (χ2n) is 6.99. The van der Waals surface area contributed by atoms with Crippen LogP contribution in [-0.4, -0.2) is 27.5 Å². The summed E-state index contributed by atoms with van der Waals surface area (Å²) in [4.78, 5) is 12.6. The number of para-hydroxylation sites is 2. The van der Waals surface area contributed by atoms with Gasteiger partial charge in [0.1, 0.15) is 5.75 Å². The van der Waals surface area contributed by atoms with Gasteiger partial charge in [0.2, 0.25) is 0 Å². The first-order valence-corrected chi connectivity index (χ1v) is 11.0. The van der Waals surface area contributed by atoms with Gasteiger partial charge in [-0.1, -0.05) is 37.8 Å². The van der Waals surface area contributed by atoms with Crippen molar-refractivity contribution in [1.29, 1.82) is 0 Å². The van der Waals surface area contributed by atoms with E-state index in [9.17, 15) is 13.2 Å². The van der Waals surface area contributed by atoms with Crippen molar-refractivity contribution >= 4 is 21.6 Å². The normalized spacial score (nSPS) is 15.5. The lowest BCUT2D eigenvalue weighted by Gasteiger charge is -2.16. The summed E-state index contributed by atoms with van der Waals surface area (Å²) in [6, 6.07) is 13.0. The lowest BCUT2D eigenvalue weighted by Crippen LogP contribution is -2.34. The molecule has 1 aliphatic carbocycles. The first-order chi connectivity index (χ1) is 13.5. The summed E-state index contributed by atoms with van der Waals surface area (Å²) in [5.41, 5.74) is 0.820. The minimum absolute atomic E-state index is 0.0874.